The van der Waals surface area contributed by atoms with Gasteiger partial charge in [0.05, 0.1) is 19.3 Å². The molecule has 1 heterocycles. The standard InChI is InChI=1S/C20H34N4O2/c1-17(2)26-12-6-9-22-20(21-3)23-15-18-7-4-5-8-19(18)16-24-10-13-25-14-11-24/h4-5,7-8,17H,6,9-16H2,1-3H3,(H2,21,22,23). The molecule has 26 heavy (non-hydrogen) atoms. The molecule has 0 saturated carbocycles. The van der Waals surface area contributed by atoms with E-state index in [-0.39, 0.29) is 6.10 Å². The number of ether oxygens (including phenoxy) is 2. The highest BCUT2D eigenvalue weighted by atomic mass is 16.5. The first-order valence-corrected chi connectivity index (χ1v) is 9.62. The number of aliphatic imine (C=N–C) groups is 1. The molecule has 0 aromatic heterocycles. The molecule has 0 unspecified atom stereocenters. The average Bonchev–Trinajstić information content (AvgIpc) is 2.65. The van der Waals surface area contributed by atoms with Gasteiger partial charge in [0.2, 0.25) is 0 Å². The summed E-state index contributed by atoms with van der Waals surface area (Å²) in [7, 11) is 1.81. The van der Waals surface area contributed by atoms with Crippen molar-refractivity contribution in [3.05, 3.63) is 35.4 Å². The van der Waals surface area contributed by atoms with Gasteiger partial charge in [-0.15, -0.1) is 0 Å². The molecule has 6 nitrogen and oxygen atoms in total. The Labute approximate surface area is 158 Å². The van der Waals surface area contributed by atoms with Crippen LogP contribution in [0.4, 0.5) is 0 Å². The van der Waals surface area contributed by atoms with Gasteiger partial charge in [-0.05, 0) is 31.4 Å². The lowest BCUT2D eigenvalue weighted by atomic mass is 10.1. The highest BCUT2D eigenvalue weighted by Gasteiger charge is 2.12. The minimum atomic E-state index is 0.287. The van der Waals surface area contributed by atoms with Gasteiger partial charge in [-0.2, -0.15) is 0 Å². The van der Waals surface area contributed by atoms with E-state index in [4.69, 9.17) is 9.47 Å². The summed E-state index contributed by atoms with van der Waals surface area (Å²) in [5.74, 6) is 0.829. The third kappa shape index (κ3) is 7.72. The van der Waals surface area contributed by atoms with Crippen LogP contribution < -0.4 is 10.6 Å². The van der Waals surface area contributed by atoms with Crippen molar-refractivity contribution in [2.45, 2.75) is 39.5 Å². The second kappa shape index (κ2) is 11.9. The maximum atomic E-state index is 5.56. The Morgan fingerprint density at radius 3 is 2.62 bits per heavy atom. The number of rotatable bonds is 9. The fraction of sp³-hybridized carbons (Fsp3) is 0.650. The van der Waals surface area contributed by atoms with Gasteiger partial charge in [0, 0.05) is 46.4 Å². The van der Waals surface area contributed by atoms with Gasteiger partial charge in [0.15, 0.2) is 5.96 Å². The molecule has 2 N–H and O–H groups in total. The molecule has 0 aliphatic carbocycles. The number of morpholine rings is 1. The van der Waals surface area contributed by atoms with Crippen LogP contribution in [0.3, 0.4) is 0 Å². The molecule has 0 amide bonds. The van der Waals surface area contributed by atoms with Crippen molar-refractivity contribution >= 4 is 5.96 Å². The maximum Gasteiger partial charge on any atom is 0.191 e. The molecular formula is C20H34N4O2. The third-order valence-corrected chi connectivity index (χ3v) is 4.35. The minimum absolute atomic E-state index is 0.287. The predicted octanol–water partition coefficient (Wildman–Crippen LogP) is 2.00. The molecule has 1 aliphatic heterocycles. The molecule has 0 bridgehead atoms. The van der Waals surface area contributed by atoms with Crippen LogP contribution in [0.5, 0.6) is 0 Å². The van der Waals surface area contributed by atoms with E-state index in [1.54, 1.807) is 7.05 Å². The lowest BCUT2D eigenvalue weighted by Crippen LogP contribution is -2.38. The summed E-state index contributed by atoms with van der Waals surface area (Å²) < 4.78 is 11.0. The number of benzene rings is 1. The summed E-state index contributed by atoms with van der Waals surface area (Å²) in [5.41, 5.74) is 2.67. The van der Waals surface area contributed by atoms with E-state index in [1.165, 1.54) is 11.1 Å². The molecule has 1 fully saturated rings. The van der Waals surface area contributed by atoms with E-state index in [9.17, 15) is 0 Å². The van der Waals surface area contributed by atoms with E-state index >= 15 is 0 Å². The van der Waals surface area contributed by atoms with Gasteiger partial charge in [-0.3, -0.25) is 9.89 Å². The summed E-state index contributed by atoms with van der Waals surface area (Å²) in [4.78, 5) is 6.76. The normalized spacial score (nSPS) is 16.1. The second-order valence-electron chi connectivity index (χ2n) is 6.78. The van der Waals surface area contributed by atoms with E-state index < -0.39 is 0 Å². The summed E-state index contributed by atoms with van der Waals surface area (Å²) in [6.07, 6.45) is 1.25. The predicted molar refractivity (Wildman–Crippen MR) is 106 cm³/mol. The Hall–Kier alpha value is -1.63. The fourth-order valence-electron chi connectivity index (χ4n) is 2.88. The molecule has 0 radical (unpaired) electrons. The Kier molecular flexibility index (Phi) is 9.45. The Morgan fingerprint density at radius 2 is 1.92 bits per heavy atom. The number of hydrogen-bond acceptors (Lipinski definition) is 4. The highest BCUT2D eigenvalue weighted by molar-refractivity contribution is 5.79. The van der Waals surface area contributed by atoms with Gasteiger partial charge >= 0.3 is 0 Å². The molecule has 146 valence electrons. The lowest BCUT2D eigenvalue weighted by Gasteiger charge is -2.27. The Bertz CT molecular complexity index is 542. The van der Waals surface area contributed by atoms with Crippen molar-refractivity contribution in [1.29, 1.82) is 0 Å². The molecule has 2 rings (SSSR count). The number of nitrogens with zero attached hydrogens (tertiary/aromatic N) is 2. The van der Waals surface area contributed by atoms with Gasteiger partial charge < -0.3 is 20.1 Å². The topological polar surface area (TPSA) is 58.1 Å². The van der Waals surface area contributed by atoms with Crippen LogP contribution in [0.2, 0.25) is 0 Å². The van der Waals surface area contributed by atoms with E-state index in [2.05, 4.69) is 58.6 Å². The summed E-state index contributed by atoms with van der Waals surface area (Å²) in [6.45, 7) is 11.1. The molecule has 1 aliphatic rings. The van der Waals surface area contributed by atoms with Gasteiger partial charge in [0.1, 0.15) is 0 Å². The molecular weight excluding hydrogens is 328 g/mol. The molecule has 1 aromatic rings. The number of hydrogen-bond donors (Lipinski definition) is 2. The SMILES string of the molecule is CN=C(NCCCOC(C)C)NCc1ccccc1CN1CCOCC1. The van der Waals surface area contributed by atoms with Crippen molar-refractivity contribution in [1.82, 2.24) is 15.5 Å². The molecule has 1 aromatic carbocycles. The van der Waals surface area contributed by atoms with Crippen LogP contribution in [0.25, 0.3) is 0 Å². The first-order valence-electron chi connectivity index (χ1n) is 9.62. The van der Waals surface area contributed by atoms with Crippen molar-refractivity contribution in [3.8, 4) is 0 Å². The smallest absolute Gasteiger partial charge is 0.191 e. The van der Waals surface area contributed by atoms with Gasteiger partial charge in [0.25, 0.3) is 0 Å². The zero-order chi connectivity index (χ0) is 18.6. The van der Waals surface area contributed by atoms with Crippen molar-refractivity contribution < 1.29 is 9.47 Å². The zero-order valence-corrected chi connectivity index (χ0v) is 16.5. The largest absolute Gasteiger partial charge is 0.379 e. The quantitative estimate of drug-likeness (QED) is 0.400. The van der Waals surface area contributed by atoms with Crippen LogP contribution in [0.1, 0.15) is 31.4 Å². The van der Waals surface area contributed by atoms with E-state index in [0.717, 1.165) is 64.9 Å². The summed E-state index contributed by atoms with van der Waals surface area (Å²) >= 11 is 0. The summed E-state index contributed by atoms with van der Waals surface area (Å²) in [5, 5.41) is 6.76. The van der Waals surface area contributed by atoms with E-state index in [0.29, 0.717) is 0 Å². The number of guanidine groups is 1. The Balaban J connectivity index is 1.78. The van der Waals surface area contributed by atoms with Crippen molar-refractivity contribution in [2.75, 3.05) is 46.5 Å². The molecule has 0 atom stereocenters. The number of nitrogens with one attached hydrogen (secondary N) is 2. The highest BCUT2D eigenvalue weighted by Crippen LogP contribution is 2.12. The minimum Gasteiger partial charge on any atom is -0.379 e. The van der Waals surface area contributed by atoms with E-state index in [1.807, 2.05) is 0 Å². The summed E-state index contributed by atoms with van der Waals surface area (Å²) in [6, 6.07) is 8.61. The first-order chi connectivity index (χ1) is 12.7. The van der Waals surface area contributed by atoms with Crippen molar-refractivity contribution in [3.63, 3.8) is 0 Å². The maximum absolute atomic E-state index is 5.56. The monoisotopic (exact) mass is 362 g/mol. The second-order valence-corrected chi connectivity index (χ2v) is 6.78. The van der Waals surface area contributed by atoms with Crippen LogP contribution in [-0.2, 0) is 22.6 Å². The van der Waals surface area contributed by atoms with Crippen LogP contribution >= 0.6 is 0 Å². The first kappa shape index (κ1) is 20.7. The molecule has 0 spiro atoms. The van der Waals surface area contributed by atoms with Crippen LogP contribution in [-0.4, -0.2) is 63.5 Å². The zero-order valence-electron chi connectivity index (χ0n) is 16.5. The van der Waals surface area contributed by atoms with Crippen LogP contribution in [0, 0.1) is 0 Å². The molecule has 1 saturated heterocycles. The molecule has 6 heteroatoms. The van der Waals surface area contributed by atoms with Crippen molar-refractivity contribution in [2.24, 2.45) is 4.99 Å². The van der Waals surface area contributed by atoms with Gasteiger partial charge in [-0.1, -0.05) is 24.3 Å². The average molecular weight is 363 g/mol. The lowest BCUT2D eigenvalue weighted by molar-refractivity contribution is 0.0341. The van der Waals surface area contributed by atoms with Gasteiger partial charge in [-0.25, -0.2) is 0 Å². The van der Waals surface area contributed by atoms with Crippen LogP contribution in [0.15, 0.2) is 29.3 Å². The Morgan fingerprint density at radius 1 is 1.19 bits per heavy atom. The fourth-order valence-corrected chi connectivity index (χ4v) is 2.88. The third-order valence-electron chi connectivity index (χ3n) is 4.35.